The highest BCUT2D eigenvalue weighted by atomic mass is 79.9. The molecule has 82 valence electrons. The lowest BCUT2D eigenvalue weighted by molar-refractivity contribution is 0.165. The monoisotopic (exact) mass is 290 g/mol. The molecule has 1 saturated heterocycles. The van der Waals surface area contributed by atoms with Gasteiger partial charge in [0.15, 0.2) is 5.44 Å². The molecule has 0 bridgehead atoms. The fourth-order valence-electron chi connectivity index (χ4n) is 1.57. The summed E-state index contributed by atoms with van der Waals surface area (Å²) in [6.07, 6.45) is 1.42. The van der Waals surface area contributed by atoms with E-state index in [4.69, 9.17) is 4.74 Å². The average molecular weight is 291 g/mol. The minimum absolute atomic E-state index is 0.331. The minimum atomic E-state index is -3.30. The first kappa shape index (κ1) is 11.1. The van der Waals surface area contributed by atoms with Gasteiger partial charge in [-0.25, -0.2) is 8.42 Å². The molecule has 2 rings (SSSR count). The topological polar surface area (TPSA) is 43.4 Å². The largest absolute Gasteiger partial charge is 0.362 e. The van der Waals surface area contributed by atoms with E-state index in [1.54, 1.807) is 24.3 Å². The Balaban J connectivity index is 2.32. The summed E-state index contributed by atoms with van der Waals surface area (Å²) in [6, 6.07) is 6.64. The molecule has 1 unspecified atom stereocenters. The van der Waals surface area contributed by atoms with E-state index < -0.39 is 15.3 Å². The van der Waals surface area contributed by atoms with Crippen LogP contribution in [0.15, 0.2) is 33.6 Å². The van der Waals surface area contributed by atoms with Gasteiger partial charge in [0, 0.05) is 11.1 Å². The predicted molar refractivity (Wildman–Crippen MR) is 60.3 cm³/mol. The number of sulfone groups is 1. The van der Waals surface area contributed by atoms with Crippen molar-refractivity contribution in [2.45, 2.75) is 23.2 Å². The molecule has 1 fully saturated rings. The lowest BCUT2D eigenvalue weighted by Crippen LogP contribution is -2.19. The van der Waals surface area contributed by atoms with Crippen molar-refractivity contribution in [3.8, 4) is 0 Å². The summed E-state index contributed by atoms with van der Waals surface area (Å²) in [5.74, 6) is 0. The maximum absolute atomic E-state index is 12.0. The van der Waals surface area contributed by atoms with E-state index >= 15 is 0 Å². The second-order valence-electron chi connectivity index (χ2n) is 3.44. The van der Waals surface area contributed by atoms with Crippen molar-refractivity contribution in [3.05, 3.63) is 28.7 Å². The number of hydrogen-bond acceptors (Lipinski definition) is 3. The number of benzene rings is 1. The quantitative estimate of drug-likeness (QED) is 0.840. The van der Waals surface area contributed by atoms with Crippen molar-refractivity contribution < 1.29 is 13.2 Å². The van der Waals surface area contributed by atoms with Crippen LogP contribution in [0.3, 0.4) is 0 Å². The molecule has 0 radical (unpaired) electrons. The zero-order valence-electron chi connectivity index (χ0n) is 8.02. The maximum Gasteiger partial charge on any atom is 0.205 e. The molecule has 1 aliphatic rings. The zero-order valence-corrected chi connectivity index (χ0v) is 10.4. The van der Waals surface area contributed by atoms with E-state index in [-0.39, 0.29) is 0 Å². The summed E-state index contributed by atoms with van der Waals surface area (Å²) in [5, 5.41) is 0. The highest BCUT2D eigenvalue weighted by molar-refractivity contribution is 9.10. The van der Waals surface area contributed by atoms with Gasteiger partial charge in [0.25, 0.3) is 0 Å². The Bertz CT molecular complexity index is 432. The Morgan fingerprint density at radius 1 is 1.27 bits per heavy atom. The zero-order chi connectivity index (χ0) is 10.9. The highest BCUT2D eigenvalue weighted by Crippen LogP contribution is 2.25. The summed E-state index contributed by atoms with van der Waals surface area (Å²) in [7, 11) is -3.30. The first-order chi connectivity index (χ1) is 7.10. The van der Waals surface area contributed by atoms with Crippen molar-refractivity contribution in [1.82, 2.24) is 0 Å². The summed E-state index contributed by atoms with van der Waals surface area (Å²) in [6.45, 7) is 0.542. The molecule has 0 saturated carbocycles. The van der Waals surface area contributed by atoms with Crippen LogP contribution >= 0.6 is 15.9 Å². The fraction of sp³-hybridized carbons (Fsp3) is 0.400. The second kappa shape index (κ2) is 4.23. The molecular formula is C10H11BrO3S. The van der Waals surface area contributed by atoms with Crippen LogP contribution in [0, 0.1) is 0 Å². The van der Waals surface area contributed by atoms with Crippen LogP contribution in [0.2, 0.25) is 0 Å². The molecule has 15 heavy (non-hydrogen) atoms. The van der Waals surface area contributed by atoms with E-state index in [9.17, 15) is 8.42 Å². The summed E-state index contributed by atoms with van der Waals surface area (Å²) in [4.78, 5) is 0.331. The van der Waals surface area contributed by atoms with Gasteiger partial charge in [0.05, 0.1) is 4.90 Å². The lowest BCUT2D eigenvalue weighted by atomic mass is 10.4. The van der Waals surface area contributed by atoms with Crippen LogP contribution in [0.25, 0.3) is 0 Å². The van der Waals surface area contributed by atoms with Gasteiger partial charge >= 0.3 is 0 Å². The van der Waals surface area contributed by atoms with Crippen molar-refractivity contribution in [2.75, 3.05) is 6.61 Å². The van der Waals surface area contributed by atoms with Crippen LogP contribution in [0.4, 0.5) is 0 Å². The van der Waals surface area contributed by atoms with Gasteiger partial charge in [-0.3, -0.25) is 0 Å². The molecule has 1 heterocycles. The Morgan fingerprint density at radius 2 is 1.93 bits per heavy atom. The van der Waals surface area contributed by atoms with Gasteiger partial charge in [0.2, 0.25) is 9.84 Å². The predicted octanol–water partition coefficient (Wildman–Crippen LogP) is 2.36. The van der Waals surface area contributed by atoms with Crippen LogP contribution in [0.1, 0.15) is 12.8 Å². The molecule has 5 heteroatoms. The SMILES string of the molecule is O=S(=O)(c1ccc(Br)cc1)C1CCCO1. The molecule has 0 N–H and O–H groups in total. The van der Waals surface area contributed by atoms with Gasteiger partial charge in [-0.15, -0.1) is 0 Å². The van der Waals surface area contributed by atoms with E-state index in [0.717, 1.165) is 10.9 Å². The molecule has 1 aliphatic heterocycles. The lowest BCUT2D eigenvalue weighted by Gasteiger charge is -2.10. The molecular weight excluding hydrogens is 280 g/mol. The molecule has 0 amide bonds. The van der Waals surface area contributed by atoms with Gasteiger partial charge in [-0.2, -0.15) is 0 Å². The summed E-state index contributed by atoms with van der Waals surface area (Å²) >= 11 is 3.27. The normalized spacial score (nSPS) is 21.8. The van der Waals surface area contributed by atoms with E-state index in [1.165, 1.54) is 0 Å². The number of ether oxygens (including phenoxy) is 1. The number of halogens is 1. The average Bonchev–Trinajstić information content (AvgIpc) is 2.71. The molecule has 1 aromatic rings. The maximum atomic E-state index is 12.0. The van der Waals surface area contributed by atoms with E-state index in [0.29, 0.717) is 17.9 Å². The Kier molecular flexibility index (Phi) is 3.13. The van der Waals surface area contributed by atoms with E-state index in [1.807, 2.05) is 0 Å². The van der Waals surface area contributed by atoms with Gasteiger partial charge < -0.3 is 4.74 Å². The smallest absolute Gasteiger partial charge is 0.205 e. The number of rotatable bonds is 2. The second-order valence-corrected chi connectivity index (χ2v) is 6.44. The fourth-order valence-corrected chi connectivity index (χ4v) is 3.40. The molecule has 3 nitrogen and oxygen atoms in total. The third kappa shape index (κ3) is 2.24. The van der Waals surface area contributed by atoms with Crippen molar-refractivity contribution in [1.29, 1.82) is 0 Å². The van der Waals surface area contributed by atoms with E-state index in [2.05, 4.69) is 15.9 Å². The standard InChI is InChI=1S/C10H11BrO3S/c11-8-3-5-9(6-4-8)15(12,13)10-2-1-7-14-10/h3-6,10H,1-2,7H2. The van der Waals surface area contributed by atoms with Gasteiger partial charge in [0.1, 0.15) is 0 Å². The first-order valence-corrected chi connectivity index (χ1v) is 7.06. The summed E-state index contributed by atoms with van der Waals surface area (Å²) in [5.41, 5.74) is -0.654. The minimum Gasteiger partial charge on any atom is -0.362 e. The number of hydrogen-bond donors (Lipinski definition) is 0. The van der Waals surface area contributed by atoms with Crippen molar-refractivity contribution in [3.63, 3.8) is 0 Å². The highest BCUT2D eigenvalue weighted by Gasteiger charge is 2.31. The van der Waals surface area contributed by atoms with Crippen molar-refractivity contribution >= 4 is 25.8 Å². The van der Waals surface area contributed by atoms with Crippen LogP contribution in [-0.4, -0.2) is 20.5 Å². The third-order valence-electron chi connectivity index (χ3n) is 2.38. The molecule has 0 spiro atoms. The van der Waals surface area contributed by atoms with Crippen molar-refractivity contribution in [2.24, 2.45) is 0 Å². The Labute approximate surface area is 97.5 Å². The molecule has 0 aromatic heterocycles. The Hall–Kier alpha value is -0.390. The van der Waals surface area contributed by atoms with Gasteiger partial charge in [-0.1, -0.05) is 15.9 Å². The molecule has 0 aliphatic carbocycles. The Morgan fingerprint density at radius 3 is 2.47 bits per heavy atom. The molecule has 1 aromatic carbocycles. The summed E-state index contributed by atoms with van der Waals surface area (Å²) < 4.78 is 30.1. The third-order valence-corrected chi connectivity index (χ3v) is 4.90. The van der Waals surface area contributed by atoms with Gasteiger partial charge in [-0.05, 0) is 37.1 Å². The van der Waals surface area contributed by atoms with Crippen LogP contribution < -0.4 is 0 Å². The molecule has 1 atom stereocenters. The van der Waals surface area contributed by atoms with Crippen LogP contribution in [-0.2, 0) is 14.6 Å². The van der Waals surface area contributed by atoms with Crippen LogP contribution in [0.5, 0.6) is 0 Å². The first-order valence-electron chi connectivity index (χ1n) is 4.72.